The number of esters is 1. The highest BCUT2D eigenvalue weighted by atomic mass is 35.5. The van der Waals surface area contributed by atoms with Gasteiger partial charge in [0, 0.05) is 11.6 Å². The first-order chi connectivity index (χ1) is 15.1. The van der Waals surface area contributed by atoms with Gasteiger partial charge in [0.15, 0.2) is 0 Å². The maximum atomic E-state index is 12.3. The van der Waals surface area contributed by atoms with Crippen molar-refractivity contribution in [2.45, 2.75) is 77.4 Å². The smallest absolute Gasteiger partial charge is 0.310 e. The summed E-state index contributed by atoms with van der Waals surface area (Å²) in [6.07, 6.45) is 6.81. The van der Waals surface area contributed by atoms with Crippen molar-refractivity contribution in [1.29, 1.82) is 0 Å². The van der Waals surface area contributed by atoms with Gasteiger partial charge in [-0.2, -0.15) is 0 Å². The van der Waals surface area contributed by atoms with E-state index in [9.17, 15) is 4.79 Å². The van der Waals surface area contributed by atoms with E-state index in [0.717, 1.165) is 50.9 Å². The first kappa shape index (κ1) is 23.8. The van der Waals surface area contributed by atoms with Gasteiger partial charge in [-0.1, -0.05) is 61.8 Å². The quantitative estimate of drug-likeness (QED) is 0.381. The average molecular weight is 442 g/mol. The zero-order valence-electron chi connectivity index (χ0n) is 19.0. The van der Waals surface area contributed by atoms with Crippen LogP contribution in [0.25, 0.3) is 0 Å². The Morgan fingerprint density at radius 1 is 0.903 bits per heavy atom. The van der Waals surface area contributed by atoms with Crippen LogP contribution in [0.3, 0.4) is 0 Å². The van der Waals surface area contributed by atoms with Crippen molar-refractivity contribution in [2.75, 3.05) is 13.1 Å². The van der Waals surface area contributed by atoms with Gasteiger partial charge in [0.05, 0.1) is 6.42 Å². The van der Waals surface area contributed by atoms with Crippen molar-refractivity contribution in [3.63, 3.8) is 0 Å². The summed E-state index contributed by atoms with van der Waals surface area (Å²) in [5, 5.41) is 0.683. The summed E-state index contributed by atoms with van der Waals surface area (Å²) in [4.78, 5) is 14.8. The number of benzene rings is 2. The second kappa shape index (κ2) is 12.3. The van der Waals surface area contributed by atoms with Crippen LogP contribution >= 0.6 is 11.6 Å². The van der Waals surface area contributed by atoms with Crippen LogP contribution in [0, 0.1) is 0 Å². The van der Waals surface area contributed by atoms with Gasteiger partial charge in [-0.3, -0.25) is 9.69 Å². The fraction of sp³-hybridized carbons (Fsp3) is 0.519. The fourth-order valence-corrected chi connectivity index (χ4v) is 4.69. The van der Waals surface area contributed by atoms with Crippen LogP contribution < -0.4 is 0 Å². The molecule has 0 amide bonds. The summed E-state index contributed by atoms with van der Waals surface area (Å²) < 4.78 is 5.74. The lowest BCUT2D eigenvalue weighted by atomic mass is 9.82. The Kier molecular flexibility index (Phi) is 9.42. The molecule has 0 atom stereocenters. The molecule has 0 bridgehead atoms. The first-order valence-electron chi connectivity index (χ1n) is 11.8. The summed E-state index contributed by atoms with van der Waals surface area (Å²) >= 11 is 5.91. The number of nitrogens with zero attached hydrogens (tertiary/aromatic N) is 1. The lowest BCUT2D eigenvalue weighted by Gasteiger charge is -2.29. The Morgan fingerprint density at radius 3 is 2.06 bits per heavy atom. The molecule has 3 rings (SSSR count). The van der Waals surface area contributed by atoms with Crippen molar-refractivity contribution in [3.05, 3.63) is 70.2 Å². The Bertz CT molecular complexity index is 789. The molecule has 0 radical (unpaired) electrons. The molecule has 4 heteroatoms. The van der Waals surface area contributed by atoms with Gasteiger partial charge in [0.25, 0.3) is 0 Å². The summed E-state index contributed by atoms with van der Waals surface area (Å²) in [5.74, 6) is 0.432. The molecule has 0 spiro atoms. The van der Waals surface area contributed by atoms with E-state index >= 15 is 0 Å². The molecule has 1 fully saturated rings. The molecule has 2 aromatic rings. The third-order valence-corrected chi connectivity index (χ3v) is 6.42. The van der Waals surface area contributed by atoms with E-state index in [-0.39, 0.29) is 12.1 Å². The van der Waals surface area contributed by atoms with Crippen molar-refractivity contribution in [1.82, 2.24) is 4.90 Å². The van der Waals surface area contributed by atoms with Crippen molar-refractivity contribution in [3.8, 4) is 0 Å². The third kappa shape index (κ3) is 7.66. The fourth-order valence-electron chi connectivity index (χ4n) is 4.57. The molecule has 168 valence electrons. The summed E-state index contributed by atoms with van der Waals surface area (Å²) in [6.45, 7) is 7.86. The van der Waals surface area contributed by atoms with Crippen LogP contribution in [0.4, 0.5) is 0 Å². The molecule has 0 heterocycles. The standard InChI is InChI=1S/C27H36ClNO2/c1-3-17-29(18-4-2)20-22-5-9-23(10-6-22)24-11-15-26(16-12-24)31-27(30)19-21-7-13-25(28)14-8-21/h5-10,13-14,24,26H,3-4,11-12,15-20H2,1-2H3. The second-order valence-electron chi connectivity index (χ2n) is 8.78. The lowest BCUT2D eigenvalue weighted by Crippen LogP contribution is -2.25. The van der Waals surface area contributed by atoms with E-state index in [2.05, 4.69) is 43.0 Å². The Labute approximate surface area is 192 Å². The number of hydrogen-bond donors (Lipinski definition) is 0. The predicted octanol–water partition coefficient (Wildman–Crippen LogP) is 6.77. The number of halogens is 1. The number of hydrogen-bond acceptors (Lipinski definition) is 3. The van der Waals surface area contributed by atoms with Crippen LogP contribution in [-0.4, -0.2) is 30.1 Å². The first-order valence-corrected chi connectivity index (χ1v) is 12.2. The van der Waals surface area contributed by atoms with Crippen LogP contribution in [0.1, 0.15) is 75.0 Å². The minimum absolute atomic E-state index is 0.0481. The third-order valence-electron chi connectivity index (χ3n) is 6.17. The molecule has 0 unspecified atom stereocenters. The second-order valence-corrected chi connectivity index (χ2v) is 9.22. The van der Waals surface area contributed by atoms with Gasteiger partial charge in [-0.25, -0.2) is 0 Å². The normalized spacial score (nSPS) is 18.8. The predicted molar refractivity (Wildman–Crippen MR) is 129 cm³/mol. The highest BCUT2D eigenvalue weighted by molar-refractivity contribution is 6.30. The molecular weight excluding hydrogens is 406 g/mol. The minimum atomic E-state index is -0.140. The molecule has 2 aromatic carbocycles. The van der Waals surface area contributed by atoms with Gasteiger partial charge in [-0.05, 0) is 86.4 Å². The number of rotatable bonds is 10. The molecule has 0 aliphatic heterocycles. The van der Waals surface area contributed by atoms with E-state index in [4.69, 9.17) is 16.3 Å². The molecule has 1 aliphatic carbocycles. The maximum Gasteiger partial charge on any atom is 0.310 e. The molecule has 0 aromatic heterocycles. The van der Waals surface area contributed by atoms with Gasteiger partial charge >= 0.3 is 5.97 Å². The Balaban J connectivity index is 1.44. The average Bonchev–Trinajstić information content (AvgIpc) is 2.77. The topological polar surface area (TPSA) is 29.5 Å². The van der Waals surface area contributed by atoms with Crippen molar-refractivity contribution in [2.24, 2.45) is 0 Å². The number of ether oxygens (including phenoxy) is 1. The van der Waals surface area contributed by atoms with Gasteiger partial charge < -0.3 is 4.74 Å². The SMILES string of the molecule is CCCN(CCC)Cc1ccc(C2CCC(OC(=O)Cc3ccc(Cl)cc3)CC2)cc1. The zero-order valence-corrected chi connectivity index (χ0v) is 19.7. The van der Waals surface area contributed by atoms with E-state index in [1.807, 2.05) is 24.3 Å². The van der Waals surface area contributed by atoms with Crippen LogP contribution in [0.2, 0.25) is 5.02 Å². The van der Waals surface area contributed by atoms with E-state index in [1.54, 1.807) is 0 Å². The van der Waals surface area contributed by atoms with E-state index in [1.165, 1.54) is 24.0 Å². The van der Waals surface area contributed by atoms with Crippen molar-refractivity contribution >= 4 is 17.6 Å². The summed E-state index contributed by atoms with van der Waals surface area (Å²) in [6, 6.07) is 16.6. The molecule has 1 aliphatic rings. The summed E-state index contributed by atoms with van der Waals surface area (Å²) in [7, 11) is 0. The molecule has 31 heavy (non-hydrogen) atoms. The molecule has 0 N–H and O–H groups in total. The molecule has 3 nitrogen and oxygen atoms in total. The van der Waals surface area contributed by atoms with E-state index in [0.29, 0.717) is 17.4 Å². The van der Waals surface area contributed by atoms with Crippen LogP contribution in [0.15, 0.2) is 48.5 Å². The maximum absolute atomic E-state index is 12.3. The highest BCUT2D eigenvalue weighted by Gasteiger charge is 2.25. The molecular formula is C27H36ClNO2. The molecule has 1 saturated carbocycles. The minimum Gasteiger partial charge on any atom is -0.462 e. The Hall–Kier alpha value is -1.84. The molecule has 0 saturated heterocycles. The van der Waals surface area contributed by atoms with Gasteiger partial charge in [0.1, 0.15) is 6.10 Å². The van der Waals surface area contributed by atoms with Gasteiger partial charge in [-0.15, -0.1) is 0 Å². The lowest BCUT2D eigenvalue weighted by molar-refractivity contribution is -0.149. The van der Waals surface area contributed by atoms with Gasteiger partial charge in [0.2, 0.25) is 0 Å². The van der Waals surface area contributed by atoms with Crippen LogP contribution in [-0.2, 0) is 22.5 Å². The van der Waals surface area contributed by atoms with Crippen molar-refractivity contribution < 1.29 is 9.53 Å². The highest BCUT2D eigenvalue weighted by Crippen LogP contribution is 2.34. The summed E-state index contributed by atoms with van der Waals surface area (Å²) in [5.41, 5.74) is 3.77. The largest absolute Gasteiger partial charge is 0.462 e. The van der Waals surface area contributed by atoms with E-state index < -0.39 is 0 Å². The zero-order chi connectivity index (χ0) is 22.1. The van der Waals surface area contributed by atoms with Crippen LogP contribution in [0.5, 0.6) is 0 Å². The Morgan fingerprint density at radius 2 is 1.48 bits per heavy atom. The number of carbonyl (C=O) groups excluding carboxylic acids is 1. The monoisotopic (exact) mass is 441 g/mol. The number of carbonyl (C=O) groups is 1.